The molecule has 2 rings (SSSR count). The van der Waals surface area contributed by atoms with Crippen molar-refractivity contribution in [2.75, 3.05) is 23.4 Å². The SMILES string of the molecule is CNc1cc(NCc2ccon2)nc(N)n1. The predicted octanol–water partition coefficient (Wildman–Crippen LogP) is 0.701. The number of nitrogens with one attached hydrogen (secondary N) is 2. The minimum atomic E-state index is 0.217. The summed E-state index contributed by atoms with van der Waals surface area (Å²) in [6, 6.07) is 3.53. The molecule has 2 aromatic heterocycles. The first-order valence-electron chi connectivity index (χ1n) is 4.73. The van der Waals surface area contributed by atoms with Gasteiger partial charge >= 0.3 is 0 Å². The molecular weight excluding hydrogens is 208 g/mol. The third-order valence-electron chi connectivity index (χ3n) is 1.94. The van der Waals surface area contributed by atoms with Crippen molar-refractivity contribution in [3.63, 3.8) is 0 Å². The minimum absolute atomic E-state index is 0.217. The van der Waals surface area contributed by atoms with E-state index in [1.165, 1.54) is 6.26 Å². The first kappa shape index (κ1) is 10.2. The van der Waals surface area contributed by atoms with Crippen LogP contribution in [-0.4, -0.2) is 22.2 Å². The minimum Gasteiger partial charge on any atom is -0.373 e. The number of aromatic nitrogens is 3. The largest absolute Gasteiger partial charge is 0.373 e. The van der Waals surface area contributed by atoms with Crippen LogP contribution < -0.4 is 16.4 Å². The van der Waals surface area contributed by atoms with Crippen molar-refractivity contribution in [2.45, 2.75) is 6.54 Å². The van der Waals surface area contributed by atoms with E-state index in [0.717, 1.165) is 5.69 Å². The zero-order valence-corrected chi connectivity index (χ0v) is 8.77. The van der Waals surface area contributed by atoms with E-state index in [2.05, 4.69) is 25.8 Å². The van der Waals surface area contributed by atoms with E-state index < -0.39 is 0 Å². The van der Waals surface area contributed by atoms with Gasteiger partial charge in [-0.25, -0.2) is 0 Å². The zero-order chi connectivity index (χ0) is 11.4. The molecular formula is C9H12N6O. The van der Waals surface area contributed by atoms with E-state index in [0.29, 0.717) is 18.2 Å². The fraction of sp³-hybridized carbons (Fsp3) is 0.222. The molecule has 2 heterocycles. The van der Waals surface area contributed by atoms with Gasteiger partial charge in [0, 0.05) is 19.2 Å². The van der Waals surface area contributed by atoms with Crippen molar-refractivity contribution in [2.24, 2.45) is 0 Å². The van der Waals surface area contributed by atoms with Gasteiger partial charge in [0.2, 0.25) is 5.95 Å². The number of rotatable bonds is 4. The molecule has 0 spiro atoms. The summed E-state index contributed by atoms with van der Waals surface area (Å²) in [5, 5.41) is 9.73. The summed E-state index contributed by atoms with van der Waals surface area (Å²) in [7, 11) is 1.77. The van der Waals surface area contributed by atoms with Crippen LogP contribution in [0.4, 0.5) is 17.6 Å². The molecule has 4 N–H and O–H groups in total. The quantitative estimate of drug-likeness (QED) is 0.697. The molecule has 0 aromatic carbocycles. The normalized spacial score (nSPS) is 10.1. The van der Waals surface area contributed by atoms with Crippen molar-refractivity contribution in [1.82, 2.24) is 15.1 Å². The lowest BCUT2D eigenvalue weighted by atomic mass is 10.4. The second-order valence-corrected chi connectivity index (χ2v) is 3.09. The van der Waals surface area contributed by atoms with E-state index in [-0.39, 0.29) is 5.95 Å². The second kappa shape index (κ2) is 4.47. The Morgan fingerprint density at radius 2 is 2.19 bits per heavy atom. The molecule has 0 aliphatic heterocycles. The number of nitrogen functional groups attached to an aromatic ring is 1. The third kappa shape index (κ3) is 2.38. The Hall–Kier alpha value is -2.31. The molecule has 0 amide bonds. The number of hydrogen-bond donors (Lipinski definition) is 3. The number of anilines is 3. The molecule has 0 fully saturated rings. The van der Waals surface area contributed by atoms with Crippen molar-refractivity contribution in [3.8, 4) is 0 Å². The van der Waals surface area contributed by atoms with Crippen molar-refractivity contribution < 1.29 is 4.52 Å². The van der Waals surface area contributed by atoms with Crippen molar-refractivity contribution in [3.05, 3.63) is 24.1 Å². The van der Waals surface area contributed by atoms with Crippen LogP contribution in [-0.2, 0) is 6.54 Å². The van der Waals surface area contributed by atoms with Crippen LogP contribution in [0.3, 0.4) is 0 Å². The van der Waals surface area contributed by atoms with E-state index in [1.807, 2.05) is 0 Å². The van der Waals surface area contributed by atoms with Crippen molar-refractivity contribution in [1.29, 1.82) is 0 Å². The number of nitrogens with zero attached hydrogens (tertiary/aromatic N) is 3. The van der Waals surface area contributed by atoms with Crippen LogP contribution in [0, 0.1) is 0 Å². The van der Waals surface area contributed by atoms with Gasteiger partial charge < -0.3 is 20.9 Å². The van der Waals surface area contributed by atoms with Gasteiger partial charge in [0.05, 0.1) is 6.54 Å². The maximum Gasteiger partial charge on any atom is 0.223 e. The highest BCUT2D eigenvalue weighted by Gasteiger charge is 2.02. The fourth-order valence-corrected chi connectivity index (χ4v) is 1.19. The van der Waals surface area contributed by atoms with Crippen LogP contribution in [0.1, 0.15) is 5.69 Å². The molecule has 0 unspecified atom stereocenters. The van der Waals surface area contributed by atoms with E-state index in [9.17, 15) is 0 Å². The van der Waals surface area contributed by atoms with Crippen LogP contribution in [0.5, 0.6) is 0 Å². The second-order valence-electron chi connectivity index (χ2n) is 3.09. The Morgan fingerprint density at radius 3 is 2.88 bits per heavy atom. The summed E-state index contributed by atoms with van der Waals surface area (Å²) in [6.45, 7) is 0.524. The lowest BCUT2D eigenvalue weighted by Gasteiger charge is -2.06. The van der Waals surface area contributed by atoms with Crippen LogP contribution in [0.2, 0.25) is 0 Å². The van der Waals surface area contributed by atoms with Gasteiger partial charge in [0.1, 0.15) is 23.6 Å². The average molecular weight is 220 g/mol. The summed E-state index contributed by atoms with van der Waals surface area (Å²) in [6.07, 6.45) is 1.52. The molecule has 84 valence electrons. The molecule has 0 bridgehead atoms. The highest BCUT2D eigenvalue weighted by Crippen LogP contribution is 2.12. The highest BCUT2D eigenvalue weighted by atomic mass is 16.5. The average Bonchev–Trinajstić information content (AvgIpc) is 2.78. The van der Waals surface area contributed by atoms with Gasteiger partial charge in [0.25, 0.3) is 0 Å². The van der Waals surface area contributed by atoms with Gasteiger partial charge in [-0.3, -0.25) is 0 Å². The van der Waals surface area contributed by atoms with Crippen molar-refractivity contribution >= 4 is 17.6 Å². The lowest BCUT2D eigenvalue weighted by Crippen LogP contribution is -2.06. The summed E-state index contributed by atoms with van der Waals surface area (Å²) < 4.78 is 4.71. The molecule has 0 saturated heterocycles. The molecule has 0 radical (unpaired) electrons. The predicted molar refractivity (Wildman–Crippen MR) is 59.8 cm³/mol. The lowest BCUT2D eigenvalue weighted by molar-refractivity contribution is 0.412. The smallest absolute Gasteiger partial charge is 0.223 e. The maximum atomic E-state index is 5.55. The molecule has 0 saturated carbocycles. The van der Waals surface area contributed by atoms with Gasteiger partial charge in [-0.05, 0) is 0 Å². The Morgan fingerprint density at radius 1 is 1.38 bits per heavy atom. The molecule has 7 nitrogen and oxygen atoms in total. The van der Waals surface area contributed by atoms with E-state index in [1.54, 1.807) is 19.2 Å². The summed E-state index contributed by atoms with van der Waals surface area (Å²) in [5.74, 6) is 1.52. The molecule has 0 aliphatic rings. The molecule has 0 aliphatic carbocycles. The van der Waals surface area contributed by atoms with E-state index in [4.69, 9.17) is 10.3 Å². The fourth-order valence-electron chi connectivity index (χ4n) is 1.19. The van der Waals surface area contributed by atoms with Gasteiger partial charge in [-0.1, -0.05) is 5.16 Å². The topological polar surface area (TPSA) is 102 Å². The Labute approximate surface area is 92.1 Å². The number of nitrogens with two attached hydrogens (primary N) is 1. The molecule has 2 aromatic rings. The number of hydrogen-bond acceptors (Lipinski definition) is 7. The standard InChI is InChI=1S/C9H12N6O/c1-11-7-4-8(14-9(10)13-7)12-5-6-2-3-16-15-6/h2-4H,5H2,1H3,(H4,10,11,12,13,14). The molecule has 16 heavy (non-hydrogen) atoms. The van der Waals surface area contributed by atoms with Gasteiger partial charge in [-0.15, -0.1) is 0 Å². The Balaban J connectivity index is 2.06. The van der Waals surface area contributed by atoms with Crippen LogP contribution in [0.25, 0.3) is 0 Å². The zero-order valence-electron chi connectivity index (χ0n) is 8.77. The summed E-state index contributed by atoms with van der Waals surface area (Å²) in [4.78, 5) is 8.02. The monoisotopic (exact) mass is 220 g/mol. The third-order valence-corrected chi connectivity index (χ3v) is 1.94. The summed E-state index contributed by atoms with van der Waals surface area (Å²) >= 11 is 0. The molecule has 7 heteroatoms. The van der Waals surface area contributed by atoms with E-state index >= 15 is 0 Å². The molecule has 0 atom stereocenters. The Kier molecular flexibility index (Phi) is 2.86. The summed E-state index contributed by atoms with van der Waals surface area (Å²) in [5.41, 5.74) is 6.34. The first-order chi connectivity index (χ1) is 7.78. The van der Waals surface area contributed by atoms with Crippen LogP contribution in [0.15, 0.2) is 22.9 Å². The highest BCUT2D eigenvalue weighted by molar-refractivity contribution is 5.50. The first-order valence-corrected chi connectivity index (χ1v) is 4.73. The Bertz CT molecular complexity index is 455. The van der Waals surface area contributed by atoms with Gasteiger partial charge in [-0.2, -0.15) is 9.97 Å². The van der Waals surface area contributed by atoms with Crippen LogP contribution >= 0.6 is 0 Å². The van der Waals surface area contributed by atoms with Gasteiger partial charge in [0.15, 0.2) is 0 Å². The maximum absolute atomic E-state index is 5.55.